The number of aliphatic hydroxyl groups is 1. The maximum Gasteiger partial charge on any atom is 0.0682 e. The minimum absolute atomic E-state index is 0.0938. The van der Waals surface area contributed by atoms with Crippen molar-refractivity contribution < 1.29 is 5.11 Å². The van der Waals surface area contributed by atoms with E-state index < -0.39 is 0 Å². The van der Waals surface area contributed by atoms with Gasteiger partial charge in [-0.2, -0.15) is 0 Å². The fourth-order valence-corrected chi connectivity index (χ4v) is 2.75. The predicted molar refractivity (Wildman–Crippen MR) is 61.9 cm³/mol. The van der Waals surface area contributed by atoms with Crippen molar-refractivity contribution in [3.8, 4) is 0 Å². The first kappa shape index (κ1) is 11.4. The second-order valence-corrected chi connectivity index (χ2v) is 6.16. The fourth-order valence-electron chi connectivity index (χ4n) is 2.75. The average Bonchev–Trinajstić information content (AvgIpc) is 2.24. The number of hydrogen-bond acceptors (Lipinski definition) is 3. The molecule has 0 aromatic carbocycles. The Balaban J connectivity index is 1.85. The average molecular weight is 212 g/mol. The Bertz CT molecular complexity index is 230. The Morgan fingerprint density at radius 2 is 1.73 bits per heavy atom. The first-order valence-corrected chi connectivity index (χ1v) is 6.07. The molecule has 2 aliphatic heterocycles. The first-order chi connectivity index (χ1) is 6.88. The molecule has 0 aromatic heterocycles. The van der Waals surface area contributed by atoms with E-state index in [1.54, 1.807) is 0 Å². The van der Waals surface area contributed by atoms with Crippen LogP contribution in [-0.2, 0) is 0 Å². The summed E-state index contributed by atoms with van der Waals surface area (Å²) in [7, 11) is 0. The monoisotopic (exact) mass is 212 g/mol. The molecule has 88 valence electrons. The van der Waals surface area contributed by atoms with Crippen molar-refractivity contribution >= 4 is 0 Å². The van der Waals surface area contributed by atoms with Gasteiger partial charge < -0.3 is 5.11 Å². The highest BCUT2D eigenvalue weighted by Gasteiger charge is 2.41. The van der Waals surface area contributed by atoms with Crippen molar-refractivity contribution in [2.24, 2.45) is 0 Å². The van der Waals surface area contributed by atoms with Gasteiger partial charge in [-0.05, 0) is 34.1 Å². The summed E-state index contributed by atoms with van der Waals surface area (Å²) in [6.07, 6.45) is 0.857. The molecule has 0 saturated carbocycles. The minimum Gasteiger partial charge on any atom is -0.392 e. The molecule has 2 fully saturated rings. The summed E-state index contributed by atoms with van der Waals surface area (Å²) in [5.41, 5.74) is 0.304. The third kappa shape index (κ3) is 2.19. The number of aliphatic hydroxyl groups excluding tert-OH is 1. The van der Waals surface area contributed by atoms with Crippen LogP contribution in [0.25, 0.3) is 0 Å². The first-order valence-electron chi connectivity index (χ1n) is 6.07. The van der Waals surface area contributed by atoms with Crippen molar-refractivity contribution in [1.29, 1.82) is 0 Å². The van der Waals surface area contributed by atoms with Crippen molar-refractivity contribution in [2.45, 2.75) is 57.8 Å². The lowest BCUT2D eigenvalue weighted by molar-refractivity contribution is -0.0273. The highest BCUT2D eigenvalue weighted by Crippen LogP contribution is 2.29. The molecule has 3 nitrogen and oxygen atoms in total. The van der Waals surface area contributed by atoms with Crippen LogP contribution in [0.3, 0.4) is 0 Å². The minimum atomic E-state index is -0.0938. The van der Waals surface area contributed by atoms with Gasteiger partial charge in [0.25, 0.3) is 0 Å². The van der Waals surface area contributed by atoms with E-state index in [1.807, 2.05) is 0 Å². The van der Waals surface area contributed by atoms with Crippen LogP contribution >= 0.6 is 0 Å². The highest BCUT2D eigenvalue weighted by atomic mass is 16.3. The van der Waals surface area contributed by atoms with Gasteiger partial charge in [0.1, 0.15) is 0 Å². The van der Waals surface area contributed by atoms with Gasteiger partial charge in [-0.1, -0.05) is 0 Å². The fraction of sp³-hybridized carbons (Fsp3) is 1.00. The van der Waals surface area contributed by atoms with Gasteiger partial charge in [0.05, 0.1) is 6.10 Å². The lowest BCUT2D eigenvalue weighted by Gasteiger charge is -2.51. The van der Waals surface area contributed by atoms with E-state index in [-0.39, 0.29) is 6.10 Å². The molecule has 0 bridgehead atoms. The summed E-state index contributed by atoms with van der Waals surface area (Å²) in [6.45, 7) is 12.3. The second-order valence-electron chi connectivity index (χ2n) is 6.16. The maximum absolute atomic E-state index is 9.61. The van der Waals surface area contributed by atoms with Gasteiger partial charge in [0, 0.05) is 37.3 Å². The van der Waals surface area contributed by atoms with Crippen LogP contribution in [0.1, 0.15) is 34.1 Å². The highest BCUT2D eigenvalue weighted by molar-refractivity contribution is 4.98. The van der Waals surface area contributed by atoms with Gasteiger partial charge in [0.15, 0.2) is 0 Å². The van der Waals surface area contributed by atoms with Gasteiger partial charge in [0.2, 0.25) is 0 Å². The van der Waals surface area contributed by atoms with E-state index in [0.717, 1.165) is 13.0 Å². The zero-order valence-electron chi connectivity index (χ0n) is 10.4. The van der Waals surface area contributed by atoms with E-state index in [1.165, 1.54) is 13.1 Å². The lowest BCUT2D eigenvalue weighted by Crippen LogP contribution is -2.65. The third-order valence-corrected chi connectivity index (χ3v) is 3.88. The van der Waals surface area contributed by atoms with Crippen molar-refractivity contribution in [3.05, 3.63) is 0 Å². The third-order valence-electron chi connectivity index (χ3n) is 3.88. The molecule has 2 rings (SSSR count). The van der Waals surface area contributed by atoms with Crippen LogP contribution < -0.4 is 0 Å². The van der Waals surface area contributed by atoms with Crippen molar-refractivity contribution in [1.82, 2.24) is 9.80 Å². The maximum atomic E-state index is 9.61. The van der Waals surface area contributed by atoms with Gasteiger partial charge in [-0.15, -0.1) is 0 Å². The molecule has 2 atom stereocenters. The second kappa shape index (κ2) is 3.72. The van der Waals surface area contributed by atoms with E-state index in [0.29, 0.717) is 17.6 Å². The number of likely N-dealkylation sites (tertiary alicyclic amines) is 2. The van der Waals surface area contributed by atoms with E-state index in [4.69, 9.17) is 0 Å². The summed E-state index contributed by atoms with van der Waals surface area (Å²) in [5.74, 6) is 0. The zero-order chi connectivity index (χ0) is 11.2. The molecule has 0 spiro atoms. The Morgan fingerprint density at radius 3 is 2.13 bits per heavy atom. The Kier molecular flexibility index (Phi) is 2.82. The number of hydrogen-bond donors (Lipinski definition) is 1. The van der Waals surface area contributed by atoms with Crippen molar-refractivity contribution in [3.63, 3.8) is 0 Å². The van der Waals surface area contributed by atoms with E-state index >= 15 is 0 Å². The molecule has 2 heterocycles. The van der Waals surface area contributed by atoms with Crippen LogP contribution in [0, 0.1) is 0 Å². The van der Waals surface area contributed by atoms with Crippen LogP contribution in [0.4, 0.5) is 0 Å². The largest absolute Gasteiger partial charge is 0.392 e. The molecule has 3 heteroatoms. The van der Waals surface area contributed by atoms with Crippen LogP contribution in [-0.4, -0.2) is 58.3 Å². The van der Waals surface area contributed by atoms with Gasteiger partial charge in [-0.25, -0.2) is 0 Å². The van der Waals surface area contributed by atoms with E-state index in [9.17, 15) is 5.11 Å². The summed E-state index contributed by atoms with van der Waals surface area (Å²) < 4.78 is 0. The SMILES string of the molecule is C[C@@H]1C[C@H](O)CN1C1CN(C(C)(C)C)C1. The molecule has 15 heavy (non-hydrogen) atoms. The predicted octanol–water partition coefficient (Wildman–Crippen LogP) is 0.924. The molecule has 0 aliphatic carbocycles. The molecule has 1 N–H and O–H groups in total. The topological polar surface area (TPSA) is 26.7 Å². The summed E-state index contributed by atoms with van der Waals surface area (Å²) >= 11 is 0. The molecule has 0 aromatic rings. The molecule has 0 amide bonds. The summed E-state index contributed by atoms with van der Waals surface area (Å²) in [4.78, 5) is 4.99. The van der Waals surface area contributed by atoms with Gasteiger partial charge >= 0.3 is 0 Å². The Labute approximate surface area is 93.1 Å². The summed E-state index contributed by atoms with van der Waals surface area (Å²) in [6, 6.07) is 1.24. The molecule has 2 saturated heterocycles. The molecular weight excluding hydrogens is 188 g/mol. The van der Waals surface area contributed by atoms with Gasteiger partial charge in [-0.3, -0.25) is 9.80 Å². The molecule has 0 radical (unpaired) electrons. The normalized spacial score (nSPS) is 35.8. The Hall–Kier alpha value is -0.120. The molecule has 0 unspecified atom stereocenters. The number of rotatable bonds is 1. The number of nitrogens with zero attached hydrogens (tertiary/aromatic N) is 2. The smallest absolute Gasteiger partial charge is 0.0682 e. The van der Waals surface area contributed by atoms with Crippen LogP contribution in [0.2, 0.25) is 0 Å². The lowest BCUT2D eigenvalue weighted by atomic mass is 9.96. The molecule has 2 aliphatic rings. The quantitative estimate of drug-likeness (QED) is 0.700. The standard InChI is InChI=1S/C12H24N2O/c1-9-5-11(15)8-14(9)10-6-13(7-10)12(2,3)4/h9-11,15H,5-8H2,1-4H3/t9-,11+/m1/s1. The van der Waals surface area contributed by atoms with E-state index in [2.05, 4.69) is 37.5 Å². The zero-order valence-corrected chi connectivity index (χ0v) is 10.4. The van der Waals surface area contributed by atoms with Crippen LogP contribution in [0.5, 0.6) is 0 Å². The number of β-amino-alcohol motifs (C(OH)–C–C–N with tert-alkyl or cyclic N) is 1. The van der Waals surface area contributed by atoms with Crippen LogP contribution in [0.15, 0.2) is 0 Å². The Morgan fingerprint density at radius 1 is 1.13 bits per heavy atom. The summed E-state index contributed by atoms with van der Waals surface area (Å²) in [5, 5.41) is 9.61. The van der Waals surface area contributed by atoms with Crippen molar-refractivity contribution in [2.75, 3.05) is 19.6 Å². The molecular formula is C12H24N2O.